The average molecular weight is 391 g/mol. The van der Waals surface area contributed by atoms with Gasteiger partial charge in [0.05, 0.1) is 19.0 Å². The molecule has 2 saturated heterocycles. The third-order valence-electron chi connectivity index (χ3n) is 6.13. The SMILES string of the molecule is COc1nc(-c2ccc(N(C)[C@@H]3C[C@H]4CC[C@@H](C3)N4)nn2)ccc1-c1cn[nH]c1. The monoisotopic (exact) mass is 391 g/mol. The van der Waals surface area contributed by atoms with E-state index in [2.05, 4.69) is 42.6 Å². The summed E-state index contributed by atoms with van der Waals surface area (Å²) in [6.45, 7) is 0. The summed E-state index contributed by atoms with van der Waals surface area (Å²) in [5.74, 6) is 1.44. The molecule has 8 heteroatoms. The summed E-state index contributed by atoms with van der Waals surface area (Å²) in [6.07, 6.45) is 8.49. The van der Waals surface area contributed by atoms with Crippen molar-refractivity contribution in [2.24, 2.45) is 0 Å². The molecule has 2 fully saturated rings. The third-order valence-corrected chi connectivity index (χ3v) is 6.13. The van der Waals surface area contributed by atoms with Gasteiger partial charge < -0.3 is 15.0 Å². The lowest BCUT2D eigenvalue weighted by atomic mass is 9.98. The molecule has 0 saturated carbocycles. The molecule has 0 unspecified atom stereocenters. The van der Waals surface area contributed by atoms with Gasteiger partial charge in [0.1, 0.15) is 5.69 Å². The predicted molar refractivity (Wildman–Crippen MR) is 111 cm³/mol. The number of pyridine rings is 1. The zero-order valence-corrected chi connectivity index (χ0v) is 16.7. The molecule has 5 heterocycles. The van der Waals surface area contributed by atoms with Crippen LogP contribution in [-0.2, 0) is 0 Å². The summed E-state index contributed by atoms with van der Waals surface area (Å²) in [4.78, 5) is 6.90. The van der Waals surface area contributed by atoms with Crippen LogP contribution in [0.25, 0.3) is 22.5 Å². The van der Waals surface area contributed by atoms with Gasteiger partial charge in [-0.1, -0.05) is 0 Å². The largest absolute Gasteiger partial charge is 0.481 e. The molecule has 0 spiro atoms. The molecular weight excluding hydrogens is 366 g/mol. The van der Waals surface area contributed by atoms with Crippen molar-refractivity contribution in [2.75, 3.05) is 19.1 Å². The Morgan fingerprint density at radius 1 is 1.03 bits per heavy atom. The van der Waals surface area contributed by atoms with Crippen molar-refractivity contribution in [3.8, 4) is 28.4 Å². The number of H-pyrrole nitrogens is 1. The first kappa shape index (κ1) is 18.1. The maximum atomic E-state index is 5.48. The average Bonchev–Trinajstić information content (AvgIpc) is 3.42. The highest BCUT2D eigenvalue weighted by molar-refractivity contribution is 5.70. The zero-order valence-electron chi connectivity index (χ0n) is 16.7. The van der Waals surface area contributed by atoms with E-state index in [4.69, 9.17) is 4.74 Å². The van der Waals surface area contributed by atoms with Crippen LogP contribution in [-0.4, -0.2) is 57.7 Å². The summed E-state index contributed by atoms with van der Waals surface area (Å²) in [6, 6.07) is 9.73. The number of methoxy groups -OCH3 is 1. The van der Waals surface area contributed by atoms with Crippen molar-refractivity contribution in [2.45, 2.75) is 43.8 Å². The summed E-state index contributed by atoms with van der Waals surface area (Å²) in [5, 5.41) is 19.4. The first-order valence-corrected chi connectivity index (χ1v) is 10.1. The number of nitrogens with zero attached hydrogens (tertiary/aromatic N) is 5. The lowest BCUT2D eigenvalue weighted by molar-refractivity contribution is 0.353. The summed E-state index contributed by atoms with van der Waals surface area (Å²) in [5.41, 5.74) is 3.27. The first-order valence-electron chi connectivity index (χ1n) is 10.1. The molecule has 0 aliphatic carbocycles. The Morgan fingerprint density at radius 3 is 2.48 bits per heavy atom. The maximum Gasteiger partial charge on any atom is 0.221 e. The van der Waals surface area contributed by atoms with Crippen LogP contribution in [0.15, 0.2) is 36.7 Å². The highest BCUT2D eigenvalue weighted by Crippen LogP contribution is 2.32. The van der Waals surface area contributed by atoms with E-state index in [0.29, 0.717) is 24.0 Å². The van der Waals surface area contributed by atoms with Gasteiger partial charge in [0, 0.05) is 42.5 Å². The van der Waals surface area contributed by atoms with E-state index in [9.17, 15) is 0 Å². The Hall–Kier alpha value is -3.00. The van der Waals surface area contributed by atoms with Crippen molar-refractivity contribution >= 4 is 5.82 Å². The van der Waals surface area contributed by atoms with Crippen molar-refractivity contribution in [1.82, 2.24) is 30.7 Å². The van der Waals surface area contributed by atoms with Crippen molar-refractivity contribution in [1.29, 1.82) is 0 Å². The van der Waals surface area contributed by atoms with E-state index in [0.717, 1.165) is 28.3 Å². The minimum Gasteiger partial charge on any atom is -0.481 e. The highest BCUT2D eigenvalue weighted by atomic mass is 16.5. The number of aromatic nitrogens is 5. The van der Waals surface area contributed by atoms with Gasteiger partial charge in [-0.05, 0) is 49.9 Å². The first-order chi connectivity index (χ1) is 14.2. The van der Waals surface area contributed by atoms with Crippen molar-refractivity contribution in [3.63, 3.8) is 0 Å². The fourth-order valence-corrected chi connectivity index (χ4v) is 4.54. The summed E-state index contributed by atoms with van der Waals surface area (Å²) in [7, 11) is 3.74. The zero-order chi connectivity index (χ0) is 19.8. The second-order valence-electron chi connectivity index (χ2n) is 7.89. The van der Waals surface area contributed by atoms with Gasteiger partial charge in [0.15, 0.2) is 5.82 Å². The van der Waals surface area contributed by atoms with Gasteiger partial charge in [-0.25, -0.2) is 4.98 Å². The molecule has 2 aliphatic heterocycles. The van der Waals surface area contributed by atoms with Crippen LogP contribution in [0.1, 0.15) is 25.7 Å². The number of rotatable bonds is 5. The number of hydrogen-bond donors (Lipinski definition) is 2. The Morgan fingerprint density at radius 2 is 1.83 bits per heavy atom. The number of aromatic amines is 1. The molecule has 3 atom stereocenters. The number of hydrogen-bond acceptors (Lipinski definition) is 7. The molecule has 5 rings (SSSR count). The molecule has 2 aliphatic rings. The van der Waals surface area contributed by atoms with Gasteiger partial charge in [-0.15, -0.1) is 10.2 Å². The van der Waals surface area contributed by atoms with Crippen molar-refractivity contribution < 1.29 is 4.74 Å². The van der Waals surface area contributed by atoms with Crippen molar-refractivity contribution in [3.05, 3.63) is 36.7 Å². The molecule has 0 radical (unpaired) electrons. The number of ether oxygens (including phenoxy) is 1. The van der Waals surface area contributed by atoms with Crippen LogP contribution in [0, 0.1) is 0 Å². The van der Waals surface area contributed by atoms with E-state index < -0.39 is 0 Å². The topological polar surface area (TPSA) is 91.8 Å². The minimum atomic E-state index is 0.515. The summed E-state index contributed by atoms with van der Waals surface area (Å²) >= 11 is 0. The number of piperidine rings is 1. The molecule has 3 aromatic rings. The second-order valence-corrected chi connectivity index (χ2v) is 7.89. The second kappa shape index (κ2) is 7.44. The number of nitrogens with one attached hydrogen (secondary N) is 2. The van der Waals surface area contributed by atoms with Gasteiger partial charge in [-0.2, -0.15) is 5.10 Å². The lowest BCUT2D eigenvalue weighted by Crippen LogP contribution is -2.47. The van der Waals surface area contributed by atoms with E-state index >= 15 is 0 Å². The molecule has 2 bridgehead atoms. The summed E-state index contributed by atoms with van der Waals surface area (Å²) < 4.78 is 5.48. The number of fused-ring (bicyclic) bond motifs is 2. The van der Waals surface area contributed by atoms with Crippen LogP contribution in [0.3, 0.4) is 0 Å². The van der Waals surface area contributed by atoms with Crippen LogP contribution in [0.5, 0.6) is 5.88 Å². The van der Waals surface area contributed by atoms with Crippen LogP contribution in [0.2, 0.25) is 0 Å². The molecule has 29 heavy (non-hydrogen) atoms. The number of anilines is 1. The predicted octanol–water partition coefficient (Wildman–Crippen LogP) is 2.66. The Kier molecular flexibility index (Phi) is 4.63. The van der Waals surface area contributed by atoms with Gasteiger partial charge >= 0.3 is 0 Å². The smallest absolute Gasteiger partial charge is 0.221 e. The van der Waals surface area contributed by atoms with E-state index in [1.54, 1.807) is 13.3 Å². The van der Waals surface area contributed by atoms with E-state index in [1.807, 2.05) is 30.5 Å². The van der Waals surface area contributed by atoms with Crippen LogP contribution >= 0.6 is 0 Å². The molecule has 8 nitrogen and oxygen atoms in total. The van der Waals surface area contributed by atoms with Crippen LogP contribution in [0.4, 0.5) is 5.82 Å². The third kappa shape index (κ3) is 3.44. The highest BCUT2D eigenvalue weighted by Gasteiger charge is 2.35. The molecule has 3 aromatic heterocycles. The lowest BCUT2D eigenvalue weighted by Gasteiger charge is -2.36. The fourth-order valence-electron chi connectivity index (χ4n) is 4.54. The van der Waals surface area contributed by atoms with E-state index in [1.165, 1.54) is 25.7 Å². The quantitative estimate of drug-likeness (QED) is 0.691. The van der Waals surface area contributed by atoms with E-state index in [-0.39, 0.29) is 0 Å². The fraction of sp³-hybridized carbons (Fsp3) is 0.429. The minimum absolute atomic E-state index is 0.515. The Balaban J connectivity index is 1.36. The Labute approximate surface area is 169 Å². The molecule has 0 amide bonds. The van der Waals surface area contributed by atoms with Crippen LogP contribution < -0.4 is 15.0 Å². The molecule has 0 aromatic carbocycles. The normalized spacial score (nSPS) is 23.2. The van der Waals surface area contributed by atoms with Gasteiger partial charge in [0.2, 0.25) is 5.88 Å². The van der Waals surface area contributed by atoms with Gasteiger partial charge in [-0.3, -0.25) is 5.10 Å². The Bertz CT molecular complexity index is 961. The maximum absolute atomic E-state index is 5.48. The molecule has 150 valence electrons. The molecule has 2 N–H and O–H groups in total. The van der Waals surface area contributed by atoms with Gasteiger partial charge in [0.25, 0.3) is 0 Å². The molecular formula is C21H25N7O. The standard InChI is InChI=1S/C21H25N7O/c1-28(16-9-14-3-4-15(10-16)24-14)20-8-7-19(26-27-20)18-6-5-17(21(25-18)29-2)13-11-22-23-12-13/h5-8,11-12,14-16,24H,3-4,9-10H2,1-2H3,(H,22,23)/t14-,15+,16-.